The molecule has 0 fully saturated rings. The molecule has 1 aliphatic carbocycles. The molecule has 0 unspecified atom stereocenters. The van der Waals surface area contributed by atoms with E-state index in [2.05, 4.69) is 66.1 Å². The molecule has 0 aromatic heterocycles. The van der Waals surface area contributed by atoms with E-state index >= 15 is 0 Å². The van der Waals surface area contributed by atoms with Crippen LogP contribution < -0.4 is 15.4 Å². The van der Waals surface area contributed by atoms with Gasteiger partial charge in [-0.15, -0.1) is 0 Å². The lowest BCUT2D eigenvalue weighted by atomic mass is 9.78. The fourth-order valence-electron chi connectivity index (χ4n) is 4.61. The third-order valence-electron chi connectivity index (χ3n) is 6.31. The summed E-state index contributed by atoms with van der Waals surface area (Å²) in [6.07, 6.45) is 1.30. The summed E-state index contributed by atoms with van der Waals surface area (Å²) < 4.78 is 5.29. The molecule has 0 saturated heterocycles. The number of Topliss-reactive ketones (excluding diaryl/α,β-unsaturated/α-hetero) is 1. The quantitative estimate of drug-likeness (QED) is 0.557. The monoisotopic (exact) mass is 410 g/mol. The van der Waals surface area contributed by atoms with Gasteiger partial charge in [0.15, 0.2) is 5.78 Å². The van der Waals surface area contributed by atoms with Crippen LogP contribution in [0.2, 0.25) is 0 Å². The van der Waals surface area contributed by atoms with Crippen molar-refractivity contribution in [1.82, 2.24) is 0 Å². The number of nitrogens with one attached hydrogen (secondary N) is 2. The smallest absolute Gasteiger partial charge is 0.163 e. The van der Waals surface area contributed by atoms with Gasteiger partial charge in [0.05, 0.1) is 24.5 Å². The molecule has 156 valence electrons. The number of methoxy groups -OCH3 is 1. The Balaban J connectivity index is 1.57. The average Bonchev–Trinajstić information content (AvgIpc) is 2.96. The van der Waals surface area contributed by atoms with Gasteiger partial charge in [-0.3, -0.25) is 4.79 Å². The number of benzene rings is 3. The van der Waals surface area contributed by atoms with Crippen LogP contribution in [0.5, 0.6) is 5.75 Å². The molecule has 0 saturated carbocycles. The largest absolute Gasteiger partial charge is 0.497 e. The molecule has 2 aliphatic rings. The van der Waals surface area contributed by atoms with E-state index in [9.17, 15) is 4.79 Å². The fraction of sp³-hybridized carbons (Fsp3) is 0.222. The van der Waals surface area contributed by atoms with Gasteiger partial charge in [0.1, 0.15) is 5.75 Å². The number of hydrogen-bond donors (Lipinski definition) is 2. The molecular weight excluding hydrogens is 384 g/mol. The summed E-state index contributed by atoms with van der Waals surface area (Å²) in [5.41, 5.74) is 7.36. The van der Waals surface area contributed by atoms with Crippen molar-refractivity contribution in [2.75, 3.05) is 17.7 Å². The Morgan fingerprint density at radius 2 is 1.52 bits per heavy atom. The predicted molar refractivity (Wildman–Crippen MR) is 125 cm³/mol. The number of para-hydroxylation sites is 2. The van der Waals surface area contributed by atoms with Crippen molar-refractivity contribution in [3.8, 4) is 5.75 Å². The maximum Gasteiger partial charge on any atom is 0.163 e. The number of allylic oxidation sites excluding steroid dienone is 1. The minimum absolute atomic E-state index is 0.147. The molecule has 2 N–H and O–H groups in total. The highest BCUT2D eigenvalue weighted by Crippen LogP contribution is 2.44. The molecule has 5 rings (SSSR count). The second-order valence-electron chi connectivity index (χ2n) is 8.35. The summed E-state index contributed by atoms with van der Waals surface area (Å²) in [5, 5.41) is 7.23. The number of carbonyl (C=O) groups excluding carboxylic acids is 1. The second kappa shape index (κ2) is 7.95. The van der Waals surface area contributed by atoms with Crippen LogP contribution in [0.1, 0.15) is 41.5 Å². The number of hydrogen-bond acceptors (Lipinski definition) is 4. The molecule has 4 nitrogen and oxygen atoms in total. The average molecular weight is 411 g/mol. The Morgan fingerprint density at radius 1 is 0.839 bits per heavy atom. The summed E-state index contributed by atoms with van der Waals surface area (Å²) in [7, 11) is 1.67. The highest BCUT2D eigenvalue weighted by molar-refractivity contribution is 6.01. The number of anilines is 2. The van der Waals surface area contributed by atoms with Crippen molar-refractivity contribution in [2.45, 2.75) is 31.7 Å². The van der Waals surface area contributed by atoms with Crippen LogP contribution in [0.15, 0.2) is 84.1 Å². The minimum Gasteiger partial charge on any atom is -0.497 e. The molecule has 31 heavy (non-hydrogen) atoms. The van der Waals surface area contributed by atoms with Gasteiger partial charge in [-0.2, -0.15) is 0 Å². The van der Waals surface area contributed by atoms with Crippen molar-refractivity contribution in [3.63, 3.8) is 0 Å². The molecular formula is C27H26N2O2. The van der Waals surface area contributed by atoms with E-state index in [0.29, 0.717) is 6.42 Å². The van der Waals surface area contributed by atoms with Gasteiger partial charge in [-0.1, -0.05) is 54.1 Å². The second-order valence-corrected chi connectivity index (χ2v) is 8.35. The summed E-state index contributed by atoms with van der Waals surface area (Å²) in [5.74, 6) is 1.17. The first-order chi connectivity index (χ1) is 15.1. The molecule has 0 spiro atoms. The van der Waals surface area contributed by atoms with Gasteiger partial charge >= 0.3 is 0 Å². The molecule has 0 bridgehead atoms. The Morgan fingerprint density at radius 3 is 2.23 bits per heavy atom. The van der Waals surface area contributed by atoms with Crippen LogP contribution in [0.4, 0.5) is 11.4 Å². The molecule has 4 heteroatoms. The first kappa shape index (κ1) is 19.4. The maximum absolute atomic E-state index is 13.5. The first-order valence-corrected chi connectivity index (χ1v) is 10.7. The highest BCUT2D eigenvalue weighted by Gasteiger charge is 2.35. The molecule has 1 aliphatic heterocycles. The van der Waals surface area contributed by atoms with E-state index in [4.69, 9.17) is 4.74 Å². The van der Waals surface area contributed by atoms with E-state index in [0.717, 1.165) is 40.4 Å². The van der Waals surface area contributed by atoms with Gasteiger partial charge in [0.2, 0.25) is 0 Å². The highest BCUT2D eigenvalue weighted by atomic mass is 16.5. The van der Waals surface area contributed by atoms with Gasteiger partial charge < -0.3 is 15.4 Å². The normalized spacial score (nSPS) is 20.1. The SMILES string of the molecule is COc1ccc([C@H]2CC(=O)C3=C(C2)Nc2ccccc2N[C@@H]3c2ccc(C)cc2)cc1. The van der Waals surface area contributed by atoms with Crippen LogP contribution in [-0.2, 0) is 4.79 Å². The zero-order valence-corrected chi connectivity index (χ0v) is 17.8. The lowest BCUT2D eigenvalue weighted by Crippen LogP contribution is -2.26. The van der Waals surface area contributed by atoms with E-state index in [-0.39, 0.29) is 17.7 Å². The zero-order chi connectivity index (χ0) is 21.4. The number of rotatable bonds is 3. The molecule has 0 amide bonds. The van der Waals surface area contributed by atoms with Gasteiger partial charge in [0.25, 0.3) is 0 Å². The van der Waals surface area contributed by atoms with Crippen LogP contribution in [0.3, 0.4) is 0 Å². The molecule has 0 radical (unpaired) electrons. The molecule has 3 aromatic rings. The van der Waals surface area contributed by atoms with Crippen LogP contribution >= 0.6 is 0 Å². The lowest BCUT2D eigenvalue weighted by Gasteiger charge is -2.30. The molecule has 2 atom stereocenters. The predicted octanol–water partition coefficient (Wildman–Crippen LogP) is 5.98. The third-order valence-corrected chi connectivity index (χ3v) is 6.31. The van der Waals surface area contributed by atoms with Gasteiger partial charge in [-0.05, 0) is 54.7 Å². The first-order valence-electron chi connectivity index (χ1n) is 10.7. The van der Waals surface area contributed by atoms with E-state index in [1.54, 1.807) is 7.11 Å². The summed E-state index contributed by atoms with van der Waals surface area (Å²) in [4.78, 5) is 13.5. The lowest BCUT2D eigenvalue weighted by molar-refractivity contribution is -0.116. The van der Waals surface area contributed by atoms with Crippen molar-refractivity contribution in [1.29, 1.82) is 0 Å². The van der Waals surface area contributed by atoms with Crippen molar-refractivity contribution in [2.24, 2.45) is 0 Å². The summed E-state index contributed by atoms with van der Waals surface area (Å²) in [6, 6.07) is 24.5. The topological polar surface area (TPSA) is 50.4 Å². The minimum atomic E-state index is -0.170. The fourth-order valence-corrected chi connectivity index (χ4v) is 4.61. The van der Waals surface area contributed by atoms with Crippen molar-refractivity contribution < 1.29 is 9.53 Å². The standard InChI is InChI=1S/C27H26N2O2/c1-17-7-9-19(10-8-17)27-26-24(28-22-5-3-4-6-23(22)29-27)15-20(16-25(26)30)18-11-13-21(31-2)14-12-18/h3-14,20,27-29H,15-16H2,1-2H3/t20-,27-/m1/s1. The van der Waals surface area contributed by atoms with Gasteiger partial charge in [-0.25, -0.2) is 0 Å². The number of carbonyl (C=O) groups is 1. The molecule has 3 aromatic carbocycles. The van der Waals surface area contributed by atoms with E-state index in [1.807, 2.05) is 24.3 Å². The summed E-state index contributed by atoms with van der Waals surface area (Å²) in [6.45, 7) is 2.08. The number of aryl methyl sites for hydroxylation is 1. The van der Waals surface area contributed by atoms with Crippen molar-refractivity contribution >= 4 is 17.2 Å². The Labute approximate surface area is 183 Å². The van der Waals surface area contributed by atoms with Crippen molar-refractivity contribution in [3.05, 3.63) is 101 Å². The Hall–Kier alpha value is -3.53. The number of ketones is 1. The summed E-state index contributed by atoms with van der Waals surface area (Å²) >= 11 is 0. The number of ether oxygens (including phenoxy) is 1. The molecule has 1 heterocycles. The van der Waals surface area contributed by atoms with Crippen LogP contribution in [-0.4, -0.2) is 12.9 Å². The maximum atomic E-state index is 13.5. The zero-order valence-electron chi connectivity index (χ0n) is 17.8. The Bertz CT molecular complexity index is 1150. The van der Waals surface area contributed by atoms with E-state index in [1.165, 1.54) is 11.1 Å². The third kappa shape index (κ3) is 3.70. The number of fused-ring (bicyclic) bond motifs is 1. The van der Waals surface area contributed by atoms with Crippen LogP contribution in [0, 0.1) is 6.92 Å². The van der Waals surface area contributed by atoms with Gasteiger partial charge in [0, 0.05) is 17.7 Å². The van der Waals surface area contributed by atoms with Crippen LogP contribution in [0.25, 0.3) is 0 Å². The Kier molecular flexibility index (Phi) is 4.99. The van der Waals surface area contributed by atoms with E-state index < -0.39 is 0 Å².